The highest BCUT2D eigenvalue weighted by atomic mass is 32.1. The van der Waals surface area contributed by atoms with Crippen LogP contribution in [0.1, 0.15) is 189 Å². The number of rotatable bonds is 27. The van der Waals surface area contributed by atoms with E-state index in [0.717, 1.165) is 13.1 Å². The first-order valence-electron chi connectivity index (χ1n) is 24.4. The lowest BCUT2D eigenvalue weighted by Crippen LogP contribution is -2.10. The van der Waals surface area contributed by atoms with Crippen LogP contribution in [0, 0.1) is 11.8 Å². The van der Waals surface area contributed by atoms with Gasteiger partial charge in [0.2, 0.25) is 0 Å². The molecule has 0 radical (unpaired) electrons. The van der Waals surface area contributed by atoms with E-state index < -0.39 is 0 Å². The Balaban J connectivity index is 1.43. The molecule has 0 N–H and O–H groups in total. The van der Waals surface area contributed by atoms with Crippen molar-refractivity contribution in [2.45, 2.75) is 202 Å². The molecule has 0 saturated carbocycles. The van der Waals surface area contributed by atoms with Gasteiger partial charge in [0.15, 0.2) is 0 Å². The van der Waals surface area contributed by atoms with Gasteiger partial charge in [-0.3, -0.25) is 0 Å². The fourth-order valence-electron chi connectivity index (χ4n) is 10.5. The number of benzene rings is 2. The minimum atomic E-state index is 0.520. The van der Waals surface area contributed by atoms with Crippen LogP contribution in [0.25, 0.3) is 64.0 Å². The molecule has 2 aromatic carbocycles. The summed E-state index contributed by atoms with van der Waals surface area (Å²) in [5.74, 6) is 1.43. The minimum absolute atomic E-state index is 0.520. The third-order valence-corrected chi connectivity index (χ3v) is 16.0. The summed E-state index contributed by atoms with van der Waals surface area (Å²) in [5.41, 5.74) is 8.76. The Kier molecular flexibility index (Phi) is 15.8. The van der Waals surface area contributed by atoms with Gasteiger partial charge in [-0.25, -0.2) is 0 Å². The quantitative estimate of drug-likeness (QED) is 0.0459. The Labute approximate surface area is 359 Å². The van der Waals surface area contributed by atoms with Crippen LogP contribution in [0.2, 0.25) is 0 Å². The Morgan fingerprint density at radius 3 is 1.22 bits per heavy atom. The first-order valence-corrected chi connectivity index (χ1v) is 26.2. The van der Waals surface area contributed by atoms with E-state index in [1.165, 1.54) is 205 Å². The highest BCUT2D eigenvalue weighted by molar-refractivity contribution is 7.18. The summed E-state index contributed by atoms with van der Waals surface area (Å²) in [4.78, 5) is 0. The largest absolute Gasteiger partial charge is 0.339 e. The molecule has 7 aromatic rings. The van der Waals surface area contributed by atoms with E-state index in [9.17, 15) is 0 Å². The summed E-state index contributed by atoms with van der Waals surface area (Å²) >= 11 is 3.91. The van der Waals surface area contributed by atoms with E-state index in [2.05, 4.69) is 102 Å². The van der Waals surface area contributed by atoms with Crippen molar-refractivity contribution in [2.24, 2.45) is 11.8 Å². The molecule has 0 aliphatic heterocycles. The number of hydrogen-bond donors (Lipinski definition) is 0. The number of nitrogens with zero attached hydrogens (tertiary/aromatic N) is 3. The lowest BCUT2D eigenvalue weighted by Gasteiger charge is -2.22. The second kappa shape index (κ2) is 21.2. The molecule has 0 bridgehead atoms. The molecule has 0 saturated heterocycles. The van der Waals surface area contributed by atoms with Crippen molar-refractivity contribution >= 4 is 86.7 Å². The molecule has 0 fully saturated rings. The second-order valence-corrected chi connectivity index (χ2v) is 20.1. The molecule has 0 aliphatic rings. The van der Waals surface area contributed by atoms with Crippen molar-refractivity contribution in [1.29, 1.82) is 0 Å². The molecule has 7 rings (SSSR count). The fourth-order valence-corrected chi connectivity index (χ4v) is 12.3. The van der Waals surface area contributed by atoms with E-state index in [1.807, 2.05) is 22.7 Å². The third kappa shape index (κ3) is 9.26. The molecular formula is C53H77N3S2. The molecule has 5 aromatic heterocycles. The second-order valence-electron chi connectivity index (χ2n) is 18.2. The summed E-state index contributed by atoms with van der Waals surface area (Å²) < 4.78 is 11.3. The standard InChI is InChI=1S/C53H77N3S2/c1-7-13-17-19-21-23-27-41(28-24-22-20-18-14-8-2)56-50-35-44-48(54(46-29-31-57-52(44)46)37-39(11-5)25-15-9-3)33-42(50)43-34-49-45(36-51(43)56)53-47(30-32-58-53)55(49)38-40(12-6)26-16-10-4/h29-36,39-41H,7-28,37-38H2,1-6H3. The number of hydrogen-bond acceptors (Lipinski definition) is 2. The van der Waals surface area contributed by atoms with Crippen LogP contribution in [-0.4, -0.2) is 13.7 Å². The molecule has 5 heterocycles. The zero-order valence-corrected chi connectivity index (χ0v) is 39.1. The van der Waals surface area contributed by atoms with Crippen LogP contribution in [0.15, 0.2) is 47.2 Å². The Hall–Kier alpha value is -2.76. The van der Waals surface area contributed by atoms with Crippen LogP contribution in [0.4, 0.5) is 0 Å². The molecular weight excluding hydrogens is 743 g/mol. The van der Waals surface area contributed by atoms with Gasteiger partial charge in [-0.1, -0.05) is 157 Å². The normalized spacial score (nSPS) is 13.6. The minimum Gasteiger partial charge on any atom is -0.339 e. The van der Waals surface area contributed by atoms with Gasteiger partial charge in [-0.2, -0.15) is 0 Å². The van der Waals surface area contributed by atoms with Crippen molar-refractivity contribution in [2.75, 3.05) is 0 Å². The van der Waals surface area contributed by atoms with Gasteiger partial charge in [0.25, 0.3) is 0 Å². The average Bonchev–Trinajstić information content (AvgIpc) is 4.07. The van der Waals surface area contributed by atoms with E-state index >= 15 is 0 Å². The maximum absolute atomic E-state index is 2.90. The zero-order valence-electron chi connectivity index (χ0n) is 37.5. The summed E-state index contributed by atoms with van der Waals surface area (Å²) in [6.45, 7) is 16.4. The summed E-state index contributed by atoms with van der Waals surface area (Å²) in [7, 11) is 0. The molecule has 0 aliphatic carbocycles. The highest BCUT2D eigenvalue weighted by Crippen LogP contribution is 2.45. The highest BCUT2D eigenvalue weighted by Gasteiger charge is 2.25. The van der Waals surface area contributed by atoms with Crippen LogP contribution in [0.3, 0.4) is 0 Å². The Morgan fingerprint density at radius 2 is 0.810 bits per heavy atom. The summed E-state index contributed by atoms with van der Waals surface area (Å²) in [5, 5.41) is 10.6. The van der Waals surface area contributed by atoms with E-state index in [1.54, 1.807) is 0 Å². The van der Waals surface area contributed by atoms with Gasteiger partial charge in [0.05, 0.1) is 42.5 Å². The first-order chi connectivity index (χ1) is 28.6. The van der Waals surface area contributed by atoms with Crippen LogP contribution in [0.5, 0.6) is 0 Å². The van der Waals surface area contributed by atoms with Crippen molar-refractivity contribution in [3.05, 3.63) is 47.2 Å². The van der Waals surface area contributed by atoms with E-state index in [-0.39, 0.29) is 0 Å². The summed E-state index contributed by atoms with van der Waals surface area (Å²) in [6, 6.07) is 16.0. The SMILES string of the molecule is CCCCCCCCC(CCCCCCCC)n1c2cc3c4sccc4n(CC(CC)CCCC)c3cc2c2cc3c(cc21)c1sccc1n3CC(CC)CCCC. The first kappa shape index (κ1) is 43.3. The molecule has 0 amide bonds. The number of fused-ring (bicyclic) bond motifs is 9. The average molecular weight is 820 g/mol. The molecule has 0 spiro atoms. The molecule has 316 valence electrons. The lowest BCUT2D eigenvalue weighted by molar-refractivity contribution is 0.401. The van der Waals surface area contributed by atoms with Gasteiger partial charge in [0.1, 0.15) is 0 Å². The molecule has 5 heteroatoms. The maximum Gasteiger partial charge on any atom is 0.0601 e. The van der Waals surface area contributed by atoms with Gasteiger partial charge in [-0.15, -0.1) is 22.7 Å². The van der Waals surface area contributed by atoms with Crippen molar-refractivity contribution in [1.82, 2.24) is 13.7 Å². The monoisotopic (exact) mass is 820 g/mol. The molecule has 58 heavy (non-hydrogen) atoms. The van der Waals surface area contributed by atoms with E-state index in [0.29, 0.717) is 17.9 Å². The van der Waals surface area contributed by atoms with Crippen molar-refractivity contribution < 1.29 is 0 Å². The van der Waals surface area contributed by atoms with Crippen LogP contribution >= 0.6 is 22.7 Å². The van der Waals surface area contributed by atoms with Gasteiger partial charge < -0.3 is 13.7 Å². The van der Waals surface area contributed by atoms with Gasteiger partial charge in [-0.05, 0) is 84.7 Å². The number of aromatic nitrogens is 3. The number of thiophene rings is 2. The van der Waals surface area contributed by atoms with Crippen molar-refractivity contribution in [3.63, 3.8) is 0 Å². The van der Waals surface area contributed by atoms with Crippen molar-refractivity contribution in [3.8, 4) is 0 Å². The predicted octanol–water partition coefficient (Wildman–Crippen LogP) is 18.6. The Bertz CT molecular complexity index is 2160. The summed E-state index contributed by atoms with van der Waals surface area (Å²) in [6.07, 6.45) is 29.2. The maximum atomic E-state index is 2.90. The van der Waals surface area contributed by atoms with Crippen LogP contribution < -0.4 is 0 Å². The van der Waals surface area contributed by atoms with Gasteiger partial charge in [0, 0.05) is 40.7 Å². The Morgan fingerprint density at radius 1 is 0.414 bits per heavy atom. The van der Waals surface area contributed by atoms with Gasteiger partial charge >= 0.3 is 0 Å². The number of unbranched alkanes of at least 4 members (excludes halogenated alkanes) is 12. The zero-order chi connectivity index (χ0) is 40.4. The van der Waals surface area contributed by atoms with Crippen LogP contribution in [-0.2, 0) is 13.1 Å². The van der Waals surface area contributed by atoms with E-state index in [4.69, 9.17) is 0 Å². The lowest BCUT2D eigenvalue weighted by atomic mass is 9.99. The fraction of sp³-hybridized carbons (Fsp3) is 0.623. The smallest absolute Gasteiger partial charge is 0.0601 e. The molecule has 2 atom stereocenters. The molecule has 3 nitrogen and oxygen atoms in total. The third-order valence-electron chi connectivity index (χ3n) is 14.1. The predicted molar refractivity (Wildman–Crippen MR) is 263 cm³/mol. The topological polar surface area (TPSA) is 14.8 Å². The molecule has 2 unspecified atom stereocenters.